The Morgan fingerprint density at radius 2 is 1.68 bits per heavy atom. The molecule has 0 saturated carbocycles. The summed E-state index contributed by atoms with van der Waals surface area (Å²) in [6.07, 6.45) is 4.35. The average molecular weight is 377 g/mol. The largest absolute Gasteiger partial charge is 0.299 e. The fraction of sp³-hybridized carbons (Fsp3) is 0.500. The van der Waals surface area contributed by atoms with E-state index in [2.05, 4.69) is 21.0 Å². The van der Waals surface area contributed by atoms with Gasteiger partial charge in [0.2, 0.25) is 0 Å². The van der Waals surface area contributed by atoms with E-state index >= 15 is 0 Å². The molecule has 1 aromatic carbocycles. The highest BCUT2D eigenvalue weighted by atomic mass is 16.1. The molecule has 146 valence electrons. The average Bonchev–Trinajstić information content (AvgIpc) is 2.74. The van der Waals surface area contributed by atoms with Crippen molar-refractivity contribution in [2.45, 2.75) is 38.8 Å². The fourth-order valence-corrected chi connectivity index (χ4v) is 4.11. The van der Waals surface area contributed by atoms with Crippen molar-refractivity contribution in [3.8, 4) is 6.07 Å². The zero-order chi connectivity index (χ0) is 19.3. The molecule has 28 heavy (non-hydrogen) atoms. The predicted octanol–water partition coefficient (Wildman–Crippen LogP) is 1.81. The van der Waals surface area contributed by atoms with Crippen LogP contribution in [0.1, 0.15) is 35.2 Å². The molecule has 1 aliphatic carbocycles. The Morgan fingerprint density at radius 1 is 0.964 bits per heavy atom. The molecule has 0 amide bonds. The molecule has 1 aliphatic heterocycles. The van der Waals surface area contributed by atoms with Gasteiger partial charge >= 0.3 is 0 Å². The molecule has 1 aromatic heterocycles. The van der Waals surface area contributed by atoms with Gasteiger partial charge in [0.05, 0.1) is 23.9 Å². The molecule has 2 heterocycles. The number of hydrogen-bond acceptors (Lipinski definition) is 5. The van der Waals surface area contributed by atoms with Gasteiger partial charge in [0, 0.05) is 45.3 Å². The summed E-state index contributed by atoms with van der Waals surface area (Å²) in [6.45, 7) is 6.52. The van der Waals surface area contributed by atoms with Crippen LogP contribution in [0, 0.1) is 11.3 Å². The van der Waals surface area contributed by atoms with Crippen LogP contribution in [-0.4, -0.2) is 52.3 Å². The maximum Gasteiger partial charge on any atom is 0.267 e. The van der Waals surface area contributed by atoms with E-state index in [1.165, 1.54) is 18.4 Å². The summed E-state index contributed by atoms with van der Waals surface area (Å²) in [7, 11) is 0. The molecule has 2 aromatic rings. The van der Waals surface area contributed by atoms with Crippen molar-refractivity contribution in [3.63, 3.8) is 0 Å². The summed E-state index contributed by atoms with van der Waals surface area (Å²) in [6, 6.07) is 11.8. The first-order valence-electron chi connectivity index (χ1n) is 10.2. The summed E-state index contributed by atoms with van der Waals surface area (Å²) >= 11 is 0. The molecular formula is C22H27N5O. The lowest BCUT2D eigenvalue weighted by Gasteiger charge is -2.34. The van der Waals surface area contributed by atoms with E-state index in [1.807, 2.05) is 24.3 Å². The van der Waals surface area contributed by atoms with E-state index in [9.17, 15) is 4.79 Å². The van der Waals surface area contributed by atoms with E-state index < -0.39 is 0 Å². The van der Waals surface area contributed by atoms with Gasteiger partial charge in [-0.1, -0.05) is 12.1 Å². The molecule has 0 atom stereocenters. The molecule has 2 aliphatic rings. The first-order valence-corrected chi connectivity index (χ1v) is 10.2. The highest BCUT2D eigenvalue weighted by Gasteiger charge is 2.18. The zero-order valence-corrected chi connectivity index (χ0v) is 16.3. The van der Waals surface area contributed by atoms with Crippen LogP contribution in [-0.2, 0) is 25.9 Å². The van der Waals surface area contributed by atoms with Gasteiger partial charge < -0.3 is 0 Å². The van der Waals surface area contributed by atoms with Gasteiger partial charge in [0.25, 0.3) is 5.56 Å². The summed E-state index contributed by atoms with van der Waals surface area (Å²) in [5.74, 6) is 0. The molecule has 0 bridgehead atoms. The number of fused-ring (bicyclic) bond motifs is 1. The number of benzene rings is 1. The summed E-state index contributed by atoms with van der Waals surface area (Å²) in [4.78, 5) is 17.2. The van der Waals surface area contributed by atoms with E-state index in [-0.39, 0.29) is 5.56 Å². The molecule has 6 nitrogen and oxygen atoms in total. The summed E-state index contributed by atoms with van der Waals surface area (Å²) in [5.41, 5.74) is 4.28. The first kappa shape index (κ1) is 18.9. The minimum atomic E-state index is 0.0418. The van der Waals surface area contributed by atoms with Crippen molar-refractivity contribution in [3.05, 3.63) is 63.1 Å². The SMILES string of the molecule is N#Cc1ccc(CN2CCN(CCn3nc4c(cc3=O)CCCC4)CC2)cc1. The Labute approximate surface area is 166 Å². The number of nitrogens with zero attached hydrogens (tertiary/aromatic N) is 5. The molecule has 0 N–H and O–H groups in total. The van der Waals surface area contributed by atoms with Crippen LogP contribution in [0.3, 0.4) is 0 Å². The normalized spacial score (nSPS) is 17.8. The quantitative estimate of drug-likeness (QED) is 0.795. The number of nitriles is 1. The fourth-order valence-electron chi connectivity index (χ4n) is 4.11. The van der Waals surface area contributed by atoms with Crippen LogP contribution in [0.2, 0.25) is 0 Å². The third kappa shape index (κ3) is 4.49. The molecule has 0 spiro atoms. The van der Waals surface area contributed by atoms with Crippen LogP contribution >= 0.6 is 0 Å². The molecule has 0 radical (unpaired) electrons. The standard InChI is InChI=1S/C22H27N5O/c23-16-18-5-7-19(8-6-18)17-26-11-9-25(10-12-26)13-14-27-22(28)15-20-3-1-2-4-21(20)24-27/h5-8,15H,1-4,9-14,17H2. The first-order chi connectivity index (χ1) is 13.7. The molecular weight excluding hydrogens is 350 g/mol. The molecule has 1 fully saturated rings. The minimum Gasteiger partial charge on any atom is -0.299 e. The van der Waals surface area contributed by atoms with Crippen LogP contribution < -0.4 is 5.56 Å². The number of rotatable bonds is 5. The second-order valence-electron chi connectivity index (χ2n) is 7.81. The number of hydrogen-bond donors (Lipinski definition) is 0. The van der Waals surface area contributed by atoms with Gasteiger partial charge in [-0.15, -0.1) is 0 Å². The van der Waals surface area contributed by atoms with E-state index in [0.717, 1.165) is 63.4 Å². The summed E-state index contributed by atoms with van der Waals surface area (Å²) < 4.78 is 1.66. The van der Waals surface area contributed by atoms with Crippen molar-refractivity contribution in [2.75, 3.05) is 32.7 Å². The number of aryl methyl sites for hydroxylation is 2. The minimum absolute atomic E-state index is 0.0418. The van der Waals surface area contributed by atoms with Crippen LogP contribution in [0.4, 0.5) is 0 Å². The third-order valence-electron chi connectivity index (χ3n) is 5.86. The Kier molecular flexibility index (Phi) is 5.84. The highest BCUT2D eigenvalue weighted by molar-refractivity contribution is 5.31. The topological polar surface area (TPSA) is 65.2 Å². The van der Waals surface area contributed by atoms with Crippen molar-refractivity contribution in [1.29, 1.82) is 5.26 Å². The van der Waals surface area contributed by atoms with Crippen LogP contribution in [0.25, 0.3) is 0 Å². The van der Waals surface area contributed by atoms with Gasteiger partial charge in [-0.05, 0) is 48.9 Å². The van der Waals surface area contributed by atoms with E-state index in [1.54, 1.807) is 10.7 Å². The Morgan fingerprint density at radius 3 is 2.43 bits per heavy atom. The maximum atomic E-state index is 12.3. The predicted molar refractivity (Wildman–Crippen MR) is 108 cm³/mol. The maximum absolute atomic E-state index is 12.3. The molecule has 4 rings (SSSR count). The van der Waals surface area contributed by atoms with E-state index in [4.69, 9.17) is 5.26 Å². The van der Waals surface area contributed by atoms with Gasteiger partial charge in [0.1, 0.15) is 0 Å². The third-order valence-corrected chi connectivity index (χ3v) is 5.86. The van der Waals surface area contributed by atoms with Crippen molar-refractivity contribution < 1.29 is 0 Å². The Balaban J connectivity index is 1.27. The molecule has 1 saturated heterocycles. The second-order valence-corrected chi connectivity index (χ2v) is 7.81. The molecule has 6 heteroatoms. The lowest BCUT2D eigenvalue weighted by molar-refractivity contribution is 0.122. The van der Waals surface area contributed by atoms with Crippen molar-refractivity contribution in [2.24, 2.45) is 0 Å². The number of piperazine rings is 1. The highest BCUT2D eigenvalue weighted by Crippen LogP contribution is 2.17. The Hall–Kier alpha value is -2.49. The lowest BCUT2D eigenvalue weighted by atomic mass is 9.97. The smallest absolute Gasteiger partial charge is 0.267 e. The number of aromatic nitrogens is 2. The Bertz CT molecular complexity index is 904. The lowest BCUT2D eigenvalue weighted by Crippen LogP contribution is -2.47. The van der Waals surface area contributed by atoms with Crippen molar-refractivity contribution >= 4 is 0 Å². The van der Waals surface area contributed by atoms with Gasteiger partial charge in [-0.25, -0.2) is 4.68 Å². The summed E-state index contributed by atoms with van der Waals surface area (Å²) in [5, 5.41) is 13.5. The van der Waals surface area contributed by atoms with Gasteiger partial charge in [-0.3, -0.25) is 14.6 Å². The van der Waals surface area contributed by atoms with Gasteiger partial charge in [0.15, 0.2) is 0 Å². The van der Waals surface area contributed by atoms with E-state index in [0.29, 0.717) is 12.1 Å². The zero-order valence-electron chi connectivity index (χ0n) is 16.3. The monoisotopic (exact) mass is 377 g/mol. The molecule has 0 unspecified atom stereocenters. The van der Waals surface area contributed by atoms with Gasteiger partial charge in [-0.2, -0.15) is 10.4 Å². The van der Waals surface area contributed by atoms with Crippen LogP contribution in [0.5, 0.6) is 0 Å². The second kappa shape index (κ2) is 8.68. The van der Waals surface area contributed by atoms with Crippen LogP contribution in [0.15, 0.2) is 35.1 Å². The van der Waals surface area contributed by atoms with Crippen molar-refractivity contribution in [1.82, 2.24) is 19.6 Å².